The van der Waals surface area contributed by atoms with Crippen molar-refractivity contribution in [1.29, 1.82) is 0 Å². The van der Waals surface area contributed by atoms with Gasteiger partial charge in [0.25, 0.3) is 0 Å². The van der Waals surface area contributed by atoms with Gasteiger partial charge in [-0.25, -0.2) is 9.59 Å². The van der Waals surface area contributed by atoms with Gasteiger partial charge in [-0.05, 0) is 43.7 Å². The summed E-state index contributed by atoms with van der Waals surface area (Å²) in [5, 5.41) is 3.72. The van der Waals surface area contributed by atoms with Crippen molar-refractivity contribution in [2.24, 2.45) is 0 Å². The first-order valence-electron chi connectivity index (χ1n) is 9.36. The summed E-state index contributed by atoms with van der Waals surface area (Å²) in [6, 6.07) is 12.1. The summed E-state index contributed by atoms with van der Waals surface area (Å²) in [4.78, 5) is 40.0. The third-order valence-corrected chi connectivity index (χ3v) is 4.26. The summed E-state index contributed by atoms with van der Waals surface area (Å²) in [6.45, 7) is 3.78. The molecule has 0 aliphatic rings. The number of nitrogens with one attached hydrogen (secondary N) is 2. The smallest absolute Gasteiger partial charge is 0.338 e. The van der Waals surface area contributed by atoms with Crippen LogP contribution in [0.2, 0.25) is 0 Å². The minimum atomic E-state index is -0.578. The Hall–Kier alpha value is -3.61. The molecule has 0 spiro atoms. The number of rotatable bonds is 7. The third-order valence-electron chi connectivity index (χ3n) is 4.26. The summed E-state index contributed by atoms with van der Waals surface area (Å²) in [5.74, 6) is -1.43. The zero-order valence-electron chi connectivity index (χ0n) is 16.3. The van der Waals surface area contributed by atoms with Crippen LogP contribution in [0.5, 0.6) is 0 Å². The highest BCUT2D eigenvalue weighted by atomic mass is 16.5. The number of hydrogen-bond donors (Lipinski definition) is 2. The van der Waals surface area contributed by atoms with Crippen LogP contribution in [0.4, 0.5) is 5.69 Å². The van der Waals surface area contributed by atoms with E-state index in [0.717, 1.165) is 16.5 Å². The first-order valence-corrected chi connectivity index (χ1v) is 9.36. The standard InChI is InChI=1S/C22H22N2O5/c1-3-28-21(26)14-9-15(22(27)29-4-2)11-17(10-14)24-20(25)12-16-13-23-19-8-6-5-7-18(16)19/h5-11,13,23H,3-4,12H2,1-2H3,(H,24,25). The van der Waals surface area contributed by atoms with Crippen molar-refractivity contribution in [3.63, 3.8) is 0 Å². The van der Waals surface area contributed by atoms with Gasteiger partial charge in [0.15, 0.2) is 0 Å². The van der Waals surface area contributed by atoms with Crippen LogP contribution < -0.4 is 5.32 Å². The molecule has 0 atom stereocenters. The van der Waals surface area contributed by atoms with E-state index >= 15 is 0 Å². The van der Waals surface area contributed by atoms with E-state index in [4.69, 9.17) is 9.47 Å². The lowest BCUT2D eigenvalue weighted by molar-refractivity contribution is -0.115. The van der Waals surface area contributed by atoms with Crippen molar-refractivity contribution in [3.8, 4) is 0 Å². The molecule has 1 heterocycles. The average Bonchev–Trinajstić information content (AvgIpc) is 3.11. The number of H-pyrrole nitrogens is 1. The van der Waals surface area contributed by atoms with Crippen LogP contribution in [0.3, 0.4) is 0 Å². The van der Waals surface area contributed by atoms with Gasteiger partial charge in [0.2, 0.25) is 5.91 Å². The molecule has 0 saturated heterocycles. The van der Waals surface area contributed by atoms with Crippen LogP contribution in [-0.4, -0.2) is 36.0 Å². The number of esters is 2. The van der Waals surface area contributed by atoms with Gasteiger partial charge in [-0.2, -0.15) is 0 Å². The monoisotopic (exact) mass is 394 g/mol. The number of carbonyl (C=O) groups is 3. The number of ether oxygens (including phenoxy) is 2. The first kappa shape index (κ1) is 20.1. The van der Waals surface area contributed by atoms with Crippen LogP contribution >= 0.6 is 0 Å². The maximum atomic E-state index is 12.6. The number of amides is 1. The van der Waals surface area contributed by atoms with Gasteiger partial charge in [0.1, 0.15) is 0 Å². The van der Waals surface area contributed by atoms with Crippen molar-refractivity contribution < 1.29 is 23.9 Å². The fourth-order valence-electron chi connectivity index (χ4n) is 3.02. The zero-order chi connectivity index (χ0) is 20.8. The number of carbonyl (C=O) groups excluding carboxylic acids is 3. The Bertz CT molecular complexity index is 1020. The van der Waals surface area contributed by atoms with Crippen LogP contribution in [-0.2, 0) is 20.7 Å². The highest BCUT2D eigenvalue weighted by Gasteiger charge is 2.16. The molecule has 0 aliphatic heterocycles. The maximum Gasteiger partial charge on any atom is 0.338 e. The molecule has 0 unspecified atom stereocenters. The molecule has 3 aromatic rings. The predicted molar refractivity (Wildman–Crippen MR) is 109 cm³/mol. The lowest BCUT2D eigenvalue weighted by atomic mass is 10.1. The van der Waals surface area contributed by atoms with Gasteiger partial charge in [-0.1, -0.05) is 18.2 Å². The summed E-state index contributed by atoms with van der Waals surface area (Å²) in [5.41, 5.74) is 2.46. The molecule has 0 fully saturated rings. The number of aromatic nitrogens is 1. The Kier molecular flexibility index (Phi) is 6.29. The molecule has 1 aromatic heterocycles. The maximum absolute atomic E-state index is 12.6. The van der Waals surface area contributed by atoms with E-state index in [1.807, 2.05) is 24.3 Å². The highest BCUT2D eigenvalue weighted by molar-refractivity contribution is 6.00. The SMILES string of the molecule is CCOC(=O)c1cc(NC(=O)Cc2c[nH]c3ccccc23)cc(C(=O)OCC)c1. The van der Waals surface area contributed by atoms with E-state index in [0.29, 0.717) is 5.69 Å². The molecule has 3 rings (SSSR count). The van der Waals surface area contributed by atoms with E-state index in [2.05, 4.69) is 10.3 Å². The van der Waals surface area contributed by atoms with E-state index in [1.165, 1.54) is 18.2 Å². The van der Waals surface area contributed by atoms with Crippen LogP contribution in [0, 0.1) is 0 Å². The normalized spacial score (nSPS) is 10.6. The number of fused-ring (bicyclic) bond motifs is 1. The Balaban J connectivity index is 1.83. The quantitative estimate of drug-likeness (QED) is 0.596. The van der Waals surface area contributed by atoms with Crippen molar-refractivity contribution >= 4 is 34.4 Å². The van der Waals surface area contributed by atoms with Gasteiger partial charge in [-0.3, -0.25) is 4.79 Å². The number of anilines is 1. The van der Waals surface area contributed by atoms with Crippen molar-refractivity contribution in [3.05, 3.63) is 65.4 Å². The topological polar surface area (TPSA) is 97.5 Å². The van der Waals surface area contributed by atoms with E-state index < -0.39 is 11.9 Å². The fraction of sp³-hybridized carbons (Fsp3) is 0.227. The lowest BCUT2D eigenvalue weighted by Gasteiger charge is -2.10. The zero-order valence-corrected chi connectivity index (χ0v) is 16.3. The first-order chi connectivity index (χ1) is 14.0. The Morgan fingerprint density at radius 1 is 0.931 bits per heavy atom. The molecule has 2 aromatic carbocycles. The fourth-order valence-corrected chi connectivity index (χ4v) is 3.02. The van der Waals surface area contributed by atoms with E-state index in [1.54, 1.807) is 20.0 Å². The molecular formula is C22H22N2O5. The molecular weight excluding hydrogens is 372 g/mol. The van der Waals surface area contributed by atoms with Gasteiger partial charge < -0.3 is 19.8 Å². The van der Waals surface area contributed by atoms with Crippen LogP contribution in [0.25, 0.3) is 10.9 Å². The molecule has 0 saturated carbocycles. The highest BCUT2D eigenvalue weighted by Crippen LogP contribution is 2.20. The molecule has 2 N–H and O–H groups in total. The Labute approximate surface area is 168 Å². The second kappa shape index (κ2) is 9.05. The summed E-state index contributed by atoms with van der Waals surface area (Å²) < 4.78 is 10.0. The van der Waals surface area contributed by atoms with Crippen molar-refractivity contribution in [2.75, 3.05) is 18.5 Å². The second-order valence-corrected chi connectivity index (χ2v) is 6.32. The van der Waals surface area contributed by atoms with Crippen molar-refractivity contribution in [1.82, 2.24) is 4.98 Å². The molecule has 7 heteroatoms. The van der Waals surface area contributed by atoms with Gasteiger partial charge in [0, 0.05) is 22.8 Å². The van der Waals surface area contributed by atoms with E-state index in [-0.39, 0.29) is 36.7 Å². The van der Waals surface area contributed by atoms with Crippen molar-refractivity contribution in [2.45, 2.75) is 20.3 Å². The summed E-state index contributed by atoms with van der Waals surface area (Å²) in [6.07, 6.45) is 1.94. The van der Waals surface area contributed by atoms with Crippen LogP contribution in [0.15, 0.2) is 48.7 Å². The molecule has 150 valence electrons. The predicted octanol–water partition coefficient (Wildman–Crippen LogP) is 3.70. The molecule has 0 bridgehead atoms. The summed E-state index contributed by atoms with van der Waals surface area (Å²) >= 11 is 0. The van der Waals surface area contributed by atoms with Crippen LogP contribution in [0.1, 0.15) is 40.1 Å². The number of hydrogen-bond acceptors (Lipinski definition) is 5. The molecule has 1 amide bonds. The minimum Gasteiger partial charge on any atom is -0.462 e. The molecule has 7 nitrogen and oxygen atoms in total. The van der Waals surface area contributed by atoms with Gasteiger partial charge in [0.05, 0.1) is 30.8 Å². The lowest BCUT2D eigenvalue weighted by Crippen LogP contribution is -2.16. The summed E-state index contributed by atoms with van der Waals surface area (Å²) in [7, 11) is 0. The largest absolute Gasteiger partial charge is 0.462 e. The van der Waals surface area contributed by atoms with Gasteiger partial charge >= 0.3 is 11.9 Å². The molecule has 29 heavy (non-hydrogen) atoms. The minimum absolute atomic E-state index is 0.141. The Morgan fingerprint density at radius 3 is 2.17 bits per heavy atom. The molecule has 0 radical (unpaired) electrons. The Morgan fingerprint density at radius 2 is 1.55 bits per heavy atom. The molecule has 0 aliphatic carbocycles. The van der Waals surface area contributed by atoms with E-state index in [9.17, 15) is 14.4 Å². The third kappa shape index (κ3) is 4.82. The second-order valence-electron chi connectivity index (χ2n) is 6.32. The number of benzene rings is 2. The average molecular weight is 394 g/mol. The number of aromatic amines is 1. The van der Waals surface area contributed by atoms with Gasteiger partial charge in [-0.15, -0.1) is 0 Å². The number of para-hydroxylation sites is 1.